The van der Waals surface area contributed by atoms with Crippen LogP contribution in [0.4, 0.5) is 15.3 Å². The van der Waals surface area contributed by atoms with Crippen molar-refractivity contribution in [2.45, 2.75) is 202 Å². The molecule has 7 N–H and O–H groups in total. The zero-order valence-corrected chi connectivity index (χ0v) is 59.5. The van der Waals surface area contributed by atoms with Crippen LogP contribution in [0, 0.1) is 47.3 Å². The SMILES string of the molecule is CC(C)[C@H](NC(=O)CCCCCN1C(=O)C=CC1=O)C(=O)C[C@@H](CCCNC(N)=O)C(=O)Nc1ccc(CO)cc1.CC[C@H](C)[C@@H]([C@@H](CC(=O)N1CCCC1C(OC)[C@@H](C)C(=O)C[C@H](C)[C@@H](O)c1ccccc1)OC)N(C)C(=O)[C@@H](CC(=O)[C@H](C(C)C)N(C)C(=O)OC)C(C)C. The number of benzene rings is 2. The fraction of sp³-hybridized carbons (Fsp3) is 0.653. The lowest BCUT2D eigenvalue weighted by Crippen LogP contribution is -2.54. The van der Waals surface area contributed by atoms with Gasteiger partial charge in [-0.1, -0.05) is 125 Å². The third kappa shape index (κ3) is 25.2. The third-order valence-electron chi connectivity index (χ3n) is 18.7. The van der Waals surface area contributed by atoms with Gasteiger partial charge < -0.3 is 60.8 Å². The van der Waals surface area contributed by atoms with E-state index >= 15 is 0 Å². The monoisotopic (exact) mass is 1340 g/mol. The maximum Gasteiger partial charge on any atom is 0.409 e. The highest BCUT2D eigenvalue weighted by molar-refractivity contribution is 6.12. The first-order chi connectivity index (χ1) is 45.4. The van der Waals surface area contributed by atoms with E-state index in [0.717, 1.165) is 23.3 Å². The number of hydrogen-bond donors (Lipinski definition) is 6. The fourth-order valence-corrected chi connectivity index (χ4v) is 12.9. The number of urea groups is 1. The number of imide groups is 1. The molecule has 4 rings (SSSR count). The first kappa shape index (κ1) is 82.8. The van der Waals surface area contributed by atoms with Gasteiger partial charge in [0.05, 0.1) is 62.6 Å². The molecule has 2 heterocycles. The second-order valence-electron chi connectivity index (χ2n) is 26.8. The Hall–Kier alpha value is -7.41. The lowest BCUT2D eigenvalue weighted by molar-refractivity contribution is -0.149. The molecule has 0 radical (unpaired) electrons. The van der Waals surface area contributed by atoms with Gasteiger partial charge in [0, 0.05) is 109 Å². The Kier molecular flexibility index (Phi) is 35.9. The Morgan fingerprint density at radius 2 is 1.35 bits per heavy atom. The maximum absolute atomic E-state index is 14.4. The van der Waals surface area contributed by atoms with E-state index in [9.17, 15) is 63.0 Å². The number of amides is 9. The summed E-state index contributed by atoms with van der Waals surface area (Å²) in [5.74, 6) is -5.02. The van der Waals surface area contributed by atoms with Crippen molar-refractivity contribution >= 4 is 70.6 Å². The highest BCUT2D eigenvalue weighted by Crippen LogP contribution is 2.33. The van der Waals surface area contributed by atoms with Crippen LogP contribution in [0.15, 0.2) is 66.7 Å². The third-order valence-corrected chi connectivity index (χ3v) is 18.7. The quantitative estimate of drug-likeness (QED) is 0.0272. The molecule has 1 fully saturated rings. The molecule has 0 aliphatic carbocycles. The molecule has 536 valence electrons. The number of carbonyl (C=O) groups is 11. The summed E-state index contributed by atoms with van der Waals surface area (Å²) in [5, 5.41) is 28.2. The van der Waals surface area contributed by atoms with Gasteiger partial charge in [-0.2, -0.15) is 0 Å². The molecule has 0 saturated carbocycles. The largest absolute Gasteiger partial charge is 0.453 e. The number of ketones is 3. The van der Waals surface area contributed by atoms with Crippen LogP contribution in [0.5, 0.6) is 0 Å². The first-order valence-corrected chi connectivity index (χ1v) is 34.0. The summed E-state index contributed by atoms with van der Waals surface area (Å²) in [7, 11) is 7.64. The van der Waals surface area contributed by atoms with Gasteiger partial charge in [-0.05, 0) is 91.4 Å². The number of unbranched alkanes of at least 4 members (excludes halogenated alkanes) is 2. The summed E-state index contributed by atoms with van der Waals surface area (Å²) in [4.78, 5) is 147. The highest BCUT2D eigenvalue weighted by Gasteiger charge is 2.44. The summed E-state index contributed by atoms with van der Waals surface area (Å²) < 4.78 is 16.9. The minimum atomic E-state index is -0.781. The highest BCUT2D eigenvalue weighted by atomic mass is 16.5. The van der Waals surface area contributed by atoms with E-state index in [1.54, 1.807) is 55.3 Å². The van der Waals surface area contributed by atoms with Crippen molar-refractivity contribution in [3.05, 3.63) is 77.9 Å². The molecule has 24 heteroatoms. The molecule has 9 amide bonds. The van der Waals surface area contributed by atoms with E-state index in [1.165, 1.54) is 31.2 Å². The van der Waals surface area contributed by atoms with Gasteiger partial charge in [-0.25, -0.2) is 9.59 Å². The van der Waals surface area contributed by atoms with E-state index in [2.05, 4.69) is 16.0 Å². The Morgan fingerprint density at radius 1 is 0.719 bits per heavy atom. The van der Waals surface area contributed by atoms with Crippen molar-refractivity contribution in [2.75, 3.05) is 60.4 Å². The van der Waals surface area contributed by atoms with Crippen molar-refractivity contribution in [3.63, 3.8) is 0 Å². The number of anilines is 1. The first-order valence-electron chi connectivity index (χ1n) is 34.0. The number of nitrogens with one attached hydrogen (secondary N) is 3. The summed E-state index contributed by atoms with van der Waals surface area (Å²) in [6, 6.07) is 13.0. The molecule has 24 nitrogen and oxygen atoms in total. The van der Waals surface area contributed by atoms with Crippen LogP contribution in [0.2, 0.25) is 0 Å². The van der Waals surface area contributed by atoms with Crippen molar-refractivity contribution in [1.82, 2.24) is 30.2 Å². The molecular weight excluding hydrogens is 1230 g/mol. The lowest BCUT2D eigenvalue weighted by Gasteiger charge is -2.41. The topological polar surface area (TPSA) is 331 Å². The minimum absolute atomic E-state index is 0.0172. The van der Waals surface area contributed by atoms with E-state index in [4.69, 9.17) is 19.9 Å². The van der Waals surface area contributed by atoms with E-state index in [1.807, 2.05) is 99.6 Å². The standard InChI is InChI=1S/C43H71N3O9.C29H41N5O7/c1-14-28(6)39(44(9)42(51)32(26(2)3)24-35(48)38(27(4)5)45(10)43(52)55-13)36(53-11)25-37(49)46-22-18-21-33(46)41(54-12)30(8)34(47)23-29(7)40(50)31-19-16-15-17-20-31;1-19(2)27(33-24(37)8-4-3-5-16-34-25(38)13-14-26(34)39)23(36)17-21(7-6-15-31-29(30)41)28(40)32-22-11-9-20(18-35)10-12-22/h15-17,19-20,26-30,32-33,36,38-41,50H,14,18,21-25H2,1-13H3;9-14,19,21,27,35H,3-8,15-18H2,1-2H3,(H,32,40)(H,33,37)(H3,30,31,41)/t28-,29-,30-,32-,33?,36+,38-,39-,40+,41?;21-,27+/m01/s1. The molecule has 0 aromatic heterocycles. The minimum Gasteiger partial charge on any atom is -0.453 e. The van der Waals surface area contributed by atoms with Gasteiger partial charge in [-0.3, -0.25) is 48.1 Å². The van der Waals surface area contributed by atoms with Crippen molar-refractivity contribution in [1.29, 1.82) is 0 Å². The number of nitrogens with two attached hydrogens (primary N) is 1. The number of carbonyl (C=O) groups excluding carboxylic acids is 11. The number of primary amides is 1. The molecule has 0 bridgehead atoms. The predicted molar refractivity (Wildman–Crippen MR) is 365 cm³/mol. The number of ether oxygens (including phenoxy) is 3. The zero-order chi connectivity index (χ0) is 72.1. The van der Waals surface area contributed by atoms with Crippen LogP contribution in [0.1, 0.15) is 170 Å². The molecule has 2 aliphatic rings. The van der Waals surface area contributed by atoms with Crippen molar-refractivity contribution in [3.8, 4) is 0 Å². The normalized spacial score (nSPS) is 17.2. The number of hydrogen-bond acceptors (Lipinski definition) is 16. The average molecular weight is 1350 g/mol. The number of nitrogens with zero attached hydrogens (tertiary/aromatic N) is 4. The molecular formula is C72H112N8O16. The molecule has 2 unspecified atom stereocenters. The average Bonchev–Trinajstić information content (AvgIpc) is 1.34. The van der Waals surface area contributed by atoms with Gasteiger partial charge in [0.1, 0.15) is 5.78 Å². The summed E-state index contributed by atoms with van der Waals surface area (Å²) in [6.45, 7) is 19.9. The van der Waals surface area contributed by atoms with Crippen LogP contribution in [0.25, 0.3) is 0 Å². The lowest BCUT2D eigenvalue weighted by atomic mass is 9.83. The van der Waals surface area contributed by atoms with Crippen LogP contribution in [-0.4, -0.2) is 186 Å². The smallest absolute Gasteiger partial charge is 0.409 e. The molecule has 96 heavy (non-hydrogen) atoms. The summed E-state index contributed by atoms with van der Waals surface area (Å²) in [5.41, 5.74) is 7.08. The number of Topliss-reactive ketones (excluding diaryl/α,β-unsaturated/α-hetero) is 3. The maximum atomic E-state index is 14.4. The predicted octanol–water partition coefficient (Wildman–Crippen LogP) is 7.96. The van der Waals surface area contributed by atoms with Crippen LogP contribution < -0.4 is 21.7 Å². The summed E-state index contributed by atoms with van der Waals surface area (Å²) >= 11 is 0. The van der Waals surface area contributed by atoms with Crippen LogP contribution >= 0.6 is 0 Å². The molecule has 2 aliphatic heterocycles. The Balaban J connectivity index is 0.000000522. The van der Waals surface area contributed by atoms with Gasteiger partial charge >= 0.3 is 12.1 Å². The fourth-order valence-electron chi connectivity index (χ4n) is 12.9. The van der Waals surface area contributed by atoms with Crippen LogP contribution in [0.3, 0.4) is 0 Å². The van der Waals surface area contributed by atoms with E-state index in [-0.39, 0.29) is 134 Å². The van der Waals surface area contributed by atoms with Gasteiger partial charge in [0.15, 0.2) is 11.6 Å². The number of likely N-dealkylation sites (N-methyl/N-ethyl adjacent to an activating group) is 2. The van der Waals surface area contributed by atoms with E-state index in [0.29, 0.717) is 62.9 Å². The Labute approximate surface area is 568 Å². The number of likely N-dealkylation sites (tertiary alicyclic amines) is 1. The summed E-state index contributed by atoms with van der Waals surface area (Å²) in [6.07, 6.45) is 4.73. The molecule has 12 atom stereocenters. The molecule has 2 aromatic rings. The number of methoxy groups -OCH3 is 3. The Bertz CT molecular complexity index is 2870. The van der Waals surface area contributed by atoms with Crippen molar-refractivity contribution < 1.29 is 77.2 Å². The second kappa shape index (κ2) is 41.6. The molecule has 1 saturated heterocycles. The zero-order valence-electron chi connectivity index (χ0n) is 59.5. The number of rotatable bonds is 40. The number of aliphatic hydroxyl groups is 2. The van der Waals surface area contributed by atoms with Gasteiger partial charge in [-0.15, -0.1) is 0 Å². The molecule has 0 spiro atoms. The number of aliphatic hydroxyl groups excluding tert-OH is 2. The van der Waals surface area contributed by atoms with Crippen LogP contribution in [-0.2, 0) is 64.0 Å². The van der Waals surface area contributed by atoms with Gasteiger partial charge in [0.25, 0.3) is 11.8 Å². The molecule has 2 aromatic carbocycles. The second-order valence-corrected chi connectivity index (χ2v) is 26.8. The van der Waals surface area contributed by atoms with Crippen molar-refractivity contribution in [2.24, 2.45) is 53.1 Å². The van der Waals surface area contributed by atoms with E-state index < -0.39 is 66.3 Å². The Morgan fingerprint density at radius 3 is 1.90 bits per heavy atom. The van der Waals surface area contributed by atoms with Gasteiger partial charge in [0.2, 0.25) is 23.6 Å².